The summed E-state index contributed by atoms with van der Waals surface area (Å²) < 4.78 is 21.1. The molecule has 0 saturated heterocycles. The van der Waals surface area contributed by atoms with E-state index in [1.165, 1.54) is 53.6 Å². The molecule has 0 aliphatic heterocycles. The van der Waals surface area contributed by atoms with Crippen molar-refractivity contribution in [2.24, 2.45) is 0 Å². The highest BCUT2D eigenvalue weighted by molar-refractivity contribution is 6.33. The van der Waals surface area contributed by atoms with E-state index in [2.05, 4.69) is 0 Å². The smallest absolute Gasteiger partial charge is 0.202 e. The first-order valence-corrected chi connectivity index (χ1v) is 8.04. The normalized spacial score (nSPS) is 12.2. The van der Waals surface area contributed by atoms with Crippen molar-refractivity contribution in [1.29, 1.82) is 0 Å². The van der Waals surface area contributed by atoms with Crippen molar-refractivity contribution in [2.75, 3.05) is 28.4 Å². The van der Waals surface area contributed by atoms with Crippen LogP contribution in [0.5, 0.6) is 23.0 Å². The number of hydrogen-bond donors (Lipinski definition) is 0. The van der Waals surface area contributed by atoms with E-state index in [-0.39, 0.29) is 45.1 Å². The van der Waals surface area contributed by atoms with E-state index in [0.717, 1.165) is 0 Å². The third-order valence-corrected chi connectivity index (χ3v) is 4.50. The Balaban J connectivity index is 2.46. The van der Waals surface area contributed by atoms with Crippen LogP contribution in [-0.4, -0.2) is 45.8 Å². The van der Waals surface area contributed by atoms with Crippen LogP contribution in [-0.2, 0) is 0 Å². The maximum atomic E-state index is 13.3. The van der Waals surface area contributed by atoms with Crippen molar-refractivity contribution in [3.05, 3.63) is 46.0 Å². The lowest BCUT2D eigenvalue weighted by molar-refractivity contribution is 0.0961. The average Bonchev–Trinajstić information content (AvgIpc) is 2.68. The standard InChI is InChI=1S/C20H18O7/c1-9(21)15-13(26-4)8-14(27-5)17-18(15)19(22)11-6-10(24-2)7-12(25-3)16(11)20(17)23/h6-8H,1-5H3. The zero-order chi connectivity index (χ0) is 19.9. The molecule has 2 aromatic rings. The Morgan fingerprint density at radius 2 is 1.30 bits per heavy atom. The number of benzene rings is 2. The van der Waals surface area contributed by atoms with Gasteiger partial charge in [0, 0.05) is 17.7 Å². The predicted molar refractivity (Wildman–Crippen MR) is 96.0 cm³/mol. The molecule has 0 bridgehead atoms. The summed E-state index contributed by atoms with van der Waals surface area (Å²) in [7, 11) is 5.59. The highest BCUT2D eigenvalue weighted by atomic mass is 16.5. The zero-order valence-corrected chi connectivity index (χ0v) is 15.6. The molecule has 1 aliphatic carbocycles. The molecule has 0 saturated carbocycles. The molecule has 0 amide bonds. The Morgan fingerprint density at radius 3 is 1.81 bits per heavy atom. The number of Topliss-reactive ketones (excluding diaryl/α,β-unsaturated/α-hetero) is 1. The second-order valence-corrected chi connectivity index (χ2v) is 5.87. The van der Waals surface area contributed by atoms with Crippen LogP contribution in [0.2, 0.25) is 0 Å². The number of methoxy groups -OCH3 is 4. The molecule has 7 heteroatoms. The molecule has 1 aliphatic rings. The van der Waals surface area contributed by atoms with Crippen molar-refractivity contribution < 1.29 is 33.3 Å². The number of ketones is 3. The molecule has 0 spiro atoms. The van der Waals surface area contributed by atoms with Gasteiger partial charge in [-0.2, -0.15) is 0 Å². The molecule has 0 unspecified atom stereocenters. The van der Waals surface area contributed by atoms with Crippen LogP contribution in [0, 0.1) is 0 Å². The van der Waals surface area contributed by atoms with Gasteiger partial charge in [-0.25, -0.2) is 0 Å². The Kier molecular flexibility index (Phi) is 4.61. The summed E-state index contributed by atoms with van der Waals surface area (Å²) in [5.41, 5.74) is 0.227. The van der Waals surface area contributed by atoms with Crippen LogP contribution >= 0.6 is 0 Å². The van der Waals surface area contributed by atoms with Gasteiger partial charge in [0.2, 0.25) is 5.78 Å². The molecular weight excluding hydrogens is 352 g/mol. The van der Waals surface area contributed by atoms with Gasteiger partial charge in [0.25, 0.3) is 0 Å². The summed E-state index contributed by atoms with van der Waals surface area (Å²) in [6, 6.07) is 4.41. The Labute approximate surface area is 155 Å². The van der Waals surface area contributed by atoms with E-state index in [1.54, 1.807) is 0 Å². The van der Waals surface area contributed by atoms with Crippen LogP contribution in [0.15, 0.2) is 18.2 Å². The minimum Gasteiger partial charge on any atom is -0.497 e. The summed E-state index contributed by atoms with van der Waals surface area (Å²) in [5.74, 6) is -0.498. The van der Waals surface area contributed by atoms with Gasteiger partial charge in [-0.3, -0.25) is 14.4 Å². The van der Waals surface area contributed by atoms with Gasteiger partial charge in [0.15, 0.2) is 11.6 Å². The molecule has 0 fully saturated rings. The van der Waals surface area contributed by atoms with Gasteiger partial charge in [-0.15, -0.1) is 0 Å². The number of fused-ring (bicyclic) bond motifs is 2. The van der Waals surface area contributed by atoms with Gasteiger partial charge in [0.05, 0.1) is 50.7 Å². The SMILES string of the molecule is COc1cc(OC)c2c(c1)C(=O)c1c(C(C)=O)c(OC)cc(OC)c1C2=O. The fourth-order valence-corrected chi connectivity index (χ4v) is 3.30. The van der Waals surface area contributed by atoms with E-state index in [4.69, 9.17) is 18.9 Å². The fraction of sp³-hybridized carbons (Fsp3) is 0.250. The van der Waals surface area contributed by atoms with E-state index < -0.39 is 17.3 Å². The van der Waals surface area contributed by atoms with E-state index in [1.807, 2.05) is 0 Å². The summed E-state index contributed by atoms with van der Waals surface area (Å²) in [6.45, 7) is 1.31. The Bertz CT molecular complexity index is 989. The fourth-order valence-electron chi connectivity index (χ4n) is 3.30. The molecule has 0 aromatic heterocycles. The highest BCUT2D eigenvalue weighted by Crippen LogP contribution is 2.43. The second-order valence-electron chi connectivity index (χ2n) is 5.87. The highest BCUT2D eigenvalue weighted by Gasteiger charge is 2.39. The van der Waals surface area contributed by atoms with Gasteiger partial charge < -0.3 is 18.9 Å². The minimum absolute atomic E-state index is 0.0180. The van der Waals surface area contributed by atoms with Crippen molar-refractivity contribution >= 4 is 17.3 Å². The van der Waals surface area contributed by atoms with Gasteiger partial charge in [-0.05, 0) is 13.0 Å². The lowest BCUT2D eigenvalue weighted by Gasteiger charge is -2.24. The van der Waals surface area contributed by atoms with Gasteiger partial charge >= 0.3 is 0 Å². The number of ether oxygens (including phenoxy) is 4. The maximum Gasteiger partial charge on any atom is 0.202 e. The summed E-state index contributed by atoms with van der Waals surface area (Å²) in [4.78, 5) is 38.9. The van der Waals surface area contributed by atoms with Crippen LogP contribution in [0.4, 0.5) is 0 Å². The van der Waals surface area contributed by atoms with Gasteiger partial charge in [-0.1, -0.05) is 0 Å². The third-order valence-electron chi connectivity index (χ3n) is 4.50. The molecule has 2 aromatic carbocycles. The first-order chi connectivity index (χ1) is 12.9. The summed E-state index contributed by atoms with van der Waals surface area (Å²) in [5, 5.41) is 0. The first-order valence-electron chi connectivity index (χ1n) is 8.04. The second kappa shape index (κ2) is 6.75. The number of carbonyl (C=O) groups excluding carboxylic acids is 3. The monoisotopic (exact) mass is 370 g/mol. The molecule has 27 heavy (non-hydrogen) atoms. The van der Waals surface area contributed by atoms with Gasteiger partial charge in [0.1, 0.15) is 23.0 Å². The predicted octanol–water partition coefficient (Wildman–Crippen LogP) is 2.70. The molecular formula is C20H18O7. The number of hydrogen-bond acceptors (Lipinski definition) is 7. The first kappa shape index (κ1) is 18.4. The topological polar surface area (TPSA) is 88.1 Å². The molecule has 7 nitrogen and oxygen atoms in total. The minimum atomic E-state index is -0.501. The average molecular weight is 370 g/mol. The molecule has 140 valence electrons. The number of carbonyl (C=O) groups is 3. The lowest BCUT2D eigenvalue weighted by atomic mass is 9.79. The van der Waals surface area contributed by atoms with E-state index in [9.17, 15) is 14.4 Å². The largest absolute Gasteiger partial charge is 0.497 e. The van der Waals surface area contributed by atoms with Crippen LogP contribution < -0.4 is 18.9 Å². The van der Waals surface area contributed by atoms with E-state index >= 15 is 0 Å². The van der Waals surface area contributed by atoms with Crippen LogP contribution in [0.3, 0.4) is 0 Å². The summed E-state index contributed by atoms with van der Waals surface area (Å²) in [6.07, 6.45) is 0. The summed E-state index contributed by atoms with van der Waals surface area (Å²) >= 11 is 0. The molecule has 0 heterocycles. The third kappa shape index (κ3) is 2.63. The lowest BCUT2D eigenvalue weighted by Crippen LogP contribution is -2.25. The quantitative estimate of drug-likeness (QED) is 0.638. The maximum absolute atomic E-state index is 13.3. The molecule has 0 N–H and O–H groups in total. The van der Waals surface area contributed by atoms with Crippen molar-refractivity contribution in [2.45, 2.75) is 6.92 Å². The van der Waals surface area contributed by atoms with Crippen molar-refractivity contribution in [3.63, 3.8) is 0 Å². The van der Waals surface area contributed by atoms with Crippen molar-refractivity contribution in [1.82, 2.24) is 0 Å². The molecule has 3 rings (SSSR count). The Hall–Kier alpha value is -3.35. The van der Waals surface area contributed by atoms with Crippen molar-refractivity contribution in [3.8, 4) is 23.0 Å². The van der Waals surface area contributed by atoms with Crippen LogP contribution in [0.1, 0.15) is 49.1 Å². The zero-order valence-electron chi connectivity index (χ0n) is 15.6. The number of rotatable bonds is 5. The molecule has 0 radical (unpaired) electrons. The molecule has 0 atom stereocenters. The van der Waals surface area contributed by atoms with E-state index in [0.29, 0.717) is 5.75 Å². The van der Waals surface area contributed by atoms with Crippen LogP contribution in [0.25, 0.3) is 0 Å². The Morgan fingerprint density at radius 1 is 0.704 bits per heavy atom.